The van der Waals surface area contributed by atoms with E-state index in [1.165, 1.54) is 12.1 Å². The smallest absolute Gasteiger partial charge is 0.251 e. The van der Waals surface area contributed by atoms with Crippen LogP contribution >= 0.6 is 0 Å². The molecule has 0 atom stereocenters. The number of aryl methyl sites for hydroxylation is 3. The lowest BCUT2D eigenvalue weighted by Gasteiger charge is -2.07. The number of amides is 1. The van der Waals surface area contributed by atoms with Gasteiger partial charge in [-0.05, 0) is 44.5 Å². The Morgan fingerprint density at radius 3 is 2.60 bits per heavy atom. The monoisotopic (exact) mass is 275 g/mol. The fourth-order valence-corrected chi connectivity index (χ4v) is 2.13. The molecule has 20 heavy (non-hydrogen) atoms. The van der Waals surface area contributed by atoms with E-state index < -0.39 is 0 Å². The third kappa shape index (κ3) is 2.71. The molecule has 1 amide bonds. The van der Waals surface area contributed by atoms with Gasteiger partial charge in [-0.15, -0.1) is 0 Å². The van der Waals surface area contributed by atoms with Crippen molar-refractivity contribution in [3.05, 3.63) is 52.1 Å². The number of carbonyl (C=O) groups excluding carboxylic acids is 1. The van der Waals surface area contributed by atoms with E-state index in [0.29, 0.717) is 17.7 Å². The minimum atomic E-state index is -0.305. The number of benzene rings is 1. The standard InChI is InChI=1S/C15H18FN3O/c1-9-7-12(5-6-14(9)16)15(20)17-8-13-10(2)18-19(4)11(13)3/h5-7H,8H2,1-4H3,(H,17,20). The summed E-state index contributed by atoms with van der Waals surface area (Å²) in [5.74, 6) is -0.517. The van der Waals surface area contributed by atoms with Crippen LogP contribution in [0, 0.1) is 26.6 Å². The Labute approximate surface area is 117 Å². The minimum absolute atomic E-state index is 0.212. The molecule has 5 heteroatoms. The average molecular weight is 275 g/mol. The Hall–Kier alpha value is -2.17. The Balaban J connectivity index is 2.10. The van der Waals surface area contributed by atoms with Crippen molar-refractivity contribution in [3.8, 4) is 0 Å². The van der Waals surface area contributed by atoms with Gasteiger partial charge in [0, 0.05) is 30.4 Å². The van der Waals surface area contributed by atoms with Crippen LogP contribution in [0.5, 0.6) is 0 Å². The molecule has 0 aliphatic carbocycles. The second kappa shape index (κ2) is 5.45. The van der Waals surface area contributed by atoms with Crippen molar-refractivity contribution in [2.24, 2.45) is 7.05 Å². The molecule has 4 nitrogen and oxygen atoms in total. The summed E-state index contributed by atoms with van der Waals surface area (Å²) in [7, 11) is 1.87. The van der Waals surface area contributed by atoms with Crippen molar-refractivity contribution in [1.29, 1.82) is 0 Å². The van der Waals surface area contributed by atoms with Gasteiger partial charge >= 0.3 is 0 Å². The largest absolute Gasteiger partial charge is 0.348 e. The average Bonchev–Trinajstić information content (AvgIpc) is 2.64. The number of nitrogens with one attached hydrogen (secondary N) is 1. The first-order chi connectivity index (χ1) is 9.40. The van der Waals surface area contributed by atoms with E-state index >= 15 is 0 Å². The Morgan fingerprint density at radius 2 is 2.05 bits per heavy atom. The Bertz CT molecular complexity index is 661. The predicted octanol–water partition coefficient (Wildman–Crippen LogP) is 2.41. The van der Waals surface area contributed by atoms with Crippen LogP contribution in [-0.4, -0.2) is 15.7 Å². The molecular formula is C15H18FN3O. The Morgan fingerprint density at radius 1 is 1.35 bits per heavy atom. The predicted molar refractivity (Wildman–Crippen MR) is 75.0 cm³/mol. The van der Waals surface area contributed by atoms with Crippen molar-refractivity contribution in [2.75, 3.05) is 0 Å². The first-order valence-electron chi connectivity index (χ1n) is 6.43. The zero-order valence-electron chi connectivity index (χ0n) is 12.1. The molecule has 106 valence electrons. The number of hydrogen-bond acceptors (Lipinski definition) is 2. The molecule has 2 aromatic rings. The number of rotatable bonds is 3. The van der Waals surface area contributed by atoms with Gasteiger partial charge in [0.1, 0.15) is 5.82 Å². The van der Waals surface area contributed by atoms with E-state index in [4.69, 9.17) is 0 Å². The lowest BCUT2D eigenvalue weighted by molar-refractivity contribution is 0.0950. The van der Waals surface area contributed by atoms with Gasteiger partial charge in [0.2, 0.25) is 0 Å². The second-order valence-corrected chi connectivity index (χ2v) is 4.92. The lowest BCUT2D eigenvalue weighted by atomic mass is 10.1. The molecular weight excluding hydrogens is 257 g/mol. The molecule has 0 spiro atoms. The van der Waals surface area contributed by atoms with Crippen LogP contribution in [0.4, 0.5) is 4.39 Å². The van der Waals surface area contributed by atoms with Gasteiger partial charge in [-0.25, -0.2) is 4.39 Å². The highest BCUT2D eigenvalue weighted by atomic mass is 19.1. The third-order valence-corrected chi connectivity index (χ3v) is 3.50. The van der Waals surface area contributed by atoms with Gasteiger partial charge in [0.05, 0.1) is 5.69 Å². The molecule has 0 fully saturated rings. The van der Waals surface area contributed by atoms with Crippen LogP contribution in [0.2, 0.25) is 0 Å². The van der Waals surface area contributed by atoms with Crippen LogP contribution in [0.1, 0.15) is 32.9 Å². The lowest BCUT2D eigenvalue weighted by Crippen LogP contribution is -2.23. The highest BCUT2D eigenvalue weighted by Crippen LogP contribution is 2.13. The summed E-state index contributed by atoms with van der Waals surface area (Å²) in [5, 5.41) is 7.14. The number of aromatic nitrogens is 2. The van der Waals surface area contributed by atoms with Gasteiger partial charge in [0.15, 0.2) is 0 Å². The summed E-state index contributed by atoms with van der Waals surface area (Å²) in [6, 6.07) is 4.35. The summed E-state index contributed by atoms with van der Waals surface area (Å²) in [4.78, 5) is 12.1. The normalized spacial score (nSPS) is 10.7. The number of halogens is 1. The summed E-state index contributed by atoms with van der Waals surface area (Å²) in [6.07, 6.45) is 0. The molecule has 0 saturated heterocycles. The summed E-state index contributed by atoms with van der Waals surface area (Å²) < 4.78 is 15.0. The summed E-state index contributed by atoms with van der Waals surface area (Å²) in [6.45, 7) is 5.93. The maximum atomic E-state index is 13.2. The third-order valence-electron chi connectivity index (χ3n) is 3.50. The van der Waals surface area contributed by atoms with Gasteiger partial charge in [-0.3, -0.25) is 9.48 Å². The number of nitrogens with zero attached hydrogens (tertiary/aromatic N) is 2. The molecule has 1 aromatic carbocycles. The van der Waals surface area contributed by atoms with Crippen LogP contribution in [0.3, 0.4) is 0 Å². The van der Waals surface area contributed by atoms with Crippen LogP contribution in [-0.2, 0) is 13.6 Å². The number of hydrogen-bond donors (Lipinski definition) is 1. The van der Waals surface area contributed by atoms with Crippen molar-refractivity contribution in [1.82, 2.24) is 15.1 Å². The van der Waals surface area contributed by atoms with E-state index in [1.54, 1.807) is 17.7 Å². The summed E-state index contributed by atoms with van der Waals surface area (Å²) in [5.41, 5.74) is 3.87. The molecule has 1 N–H and O–H groups in total. The van der Waals surface area contributed by atoms with E-state index in [1.807, 2.05) is 20.9 Å². The molecule has 1 aromatic heterocycles. The zero-order chi connectivity index (χ0) is 14.9. The van der Waals surface area contributed by atoms with E-state index in [-0.39, 0.29) is 11.7 Å². The quantitative estimate of drug-likeness (QED) is 0.935. The highest BCUT2D eigenvalue weighted by molar-refractivity contribution is 5.94. The number of carbonyl (C=O) groups is 1. The molecule has 0 bridgehead atoms. The molecule has 0 saturated carbocycles. The van der Waals surface area contributed by atoms with Crippen molar-refractivity contribution >= 4 is 5.91 Å². The van der Waals surface area contributed by atoms with Crippen LogP contribution < -0.4 is 5.32 Å². The molecule has 0 unspecified atom stereocenters. The topological polar surface area (TPSA) is 46.9 Å². The fourth-order valence-electron chi connectivity index (χ4n) is 2.13. The second-order valence-electron chi connectivity index (χ2n) is 4.92. The summed E-state index contributed by atoms with van der Waals surface area (Å²) >= 11 is 0. The van der Waals surface area contributed by atoms with E-state index in [0.717, 1.165) is 17.0 Å². The van der Waals surface area contributed by atoms with Crippen molar-refractivity contribution in [2.45, 2.75) is 27.3 Å². The van der Waals surface area contributed by atoms with Gasteiger partial charge in [-0.1, -0.05) is 0 Å². The van der Waals surface area contributed by atoms with Gasteiger partial charge in [0.25, 0.3) is 5.91 Å². The Kier molecular flexibility index (Phi) is 3.88. The van der Waals surface area contributed by atoms with Crippen molar-refractivity contribution in [3.63, 3.8) is 0 Å². The van der Waals surface area contributed by atoms with Gasteiger partial charge < -0.3 is 5.32 Å². The van der Waals surface area contributed by atoms with E-state index in [9.17, 15) is 9.18 Å². The molecule has 2 rings (SSSR count). The van der Waals surface area contributed by atoms with Crippen LogP contribution in [0.15, 0.2) is 18.2 Å². The van der Waals surface area contributed by atoms with Gasteiger partial charge in [-0.2, -0.15) is 5.10 Å². The molecule has 1 heterocycles. The molecule has 0 radical (unpaired) electrons. The first kappa shape index (κ1) is 14.2. The first-order valence-corrected chi connectivity index (χ1v) is 6.43. The van der Waals surface area contributed by atoms with E-state index in [2.05, 4.69) is 10.4 Å². The SMILES string of the molecule is Cc1cc(C(=O)NCc2c(C)nn(C)c2C)ccc1F. The zero-order valence-corrected chi connectivity index (χ0v) is 12.1. The molecule has 0 aliphatic rings. The fraction of sp³-hybridized carbons (Fsp3) is 0.333. The highest BCUT2D eigenvalue weighted by Gasteiger charge is 2.12. The maximum Gasteiger partial charge on any atom is 0.251 e. The van der Waals surface area contributed by atoms with Crippen LogP contribution in [0.25, 0.3) is 0 Å². The minimum Gasteiger partial charge on any atom is -0.348 e. The molecule has 0 aliphatic heterocycles. The maximum absolute atomic E-state index is 13.2. The van der Waals surface area contributed by atoms with Crippen molar-refractivity contribution < 1.29 is 9.18 Å².